The van der Waals surface area contributed by atoms with E-state index in [4.69, 9.17) is 4.74 Å². The highest BCUT2D eigenvalue weighted by molar-refractivity contribution is 5.94. The number of amides is 1. The van der Waals surface area contributed by atoms with Gasteiger partial charge in [-0.25, -0.2) is 4.98 Å². The van der Waals surface area contributed by atoms with Crippen LogP contribution >= 0.6 is 0 Å². The number of carbonyl (C=O) groups is 1. The summed E-state index contributed by atoms with van der Waals surface area (Å²) < 4.78 is 46.2. The summed E-state index contributed by atoms with van der Waals surface area (Å²) in [5.74, 6) is 0.0872. The SMILES string of the molecule is O=C(c1ccc(NCc2cccc(OC(F)(F)F)c2)nc1)N1CCCCOC1.[HH]. The van der Waals surface area contributed by atoms with Gasteiger partial charge in [-0.05, 0) is 42.7 Å². The molecule has 0 bridgehead atoms. The van der Waals surface area contributed by atoms with Crippen molar-refractivity contribution in [2.24, 2.45) is 0 Å². The van der Waals surface area contributed by atoms with Crippen LogP contribution in [0.1, 0.15) is 30.2 Å². The van der Waals surface area contributed by atoms with E-state index in [1.54, 1.807) is 23.1 Å². The third-order valence-corrected chi connectivity index (χ3v) is 4.12. The smallest absolute Gasteiger partial charge is 0.406 e. The molecule has 3 rings (SSSR count). The fraction of sp³-hybridized carbons (Fsp3) is 0.368. The Labute approximate surface area is 161 Å². The van der Waals surface area contributed by atoms with E-state index < -0.39 is 6.36 Å². The Balaban J connectivity index is 0.00000300. The van der Waals surface area contributed by atoms with Gasteiger partial charge in [0.05, 0.1) is 5.56 Å². The molecule has 2 aromatic rings. The van der Waals surface area contributed by atoms with Crippen LogP contribution in [0.2, 0.25) is 0 Å². The van der Waals surface area contributed by atoms with Gasteiger partial charge in [0.15, 0.2) is 0 Å². The second-order valence-corrected chi connectivity index (χ2v) is 6.29. The fourth-order valence-corrected chi connectivity index (χ4v) is 2.76. The van der Waals surface area contributed by atoms with Gasteiger partial charge >= 0.3 is 6.36 Å². The molecular weight excluding hydrogens is 375 g/mol. The predicted molar refractivity (Wildman–Crippen MR) is 97.9 cm³/mol. The van der Waals surface area contributed by atoms with Gasteiger partial charge in [0.2, 0.25) is 0 Å². The van der Waals surface area contributed by atoms with Crippen LogP contribution in [0.5, 0.6) is 5.75 Å². The van der Waals surface area contributed by atoms with Crippen LogP contribution in [0.25, 0.3) is 0 Å². The zero-order valence-corrected chi connectivity index (χ0v) is 15.0. The number of anilines is 1. The summed E-state index contributed by atoms with van der Waals surface area (Å²) in [7, 11) is 0. The minimum absolute atomic E-state index is 0. The molecule has 1 aliphatic rings. The Bertz CT molecular complexity index is 795. The average Bonchev–Trinajstić information content (AvgIpc) is 2.95. The Morgan fingerprint density at radius 1 is 1.29 bits per heavy atom. The first kappa shape index (κ1) is 19.9. The molecule has 1 aliphatic heterocycles. The summed E-state index contributed by atoms with van der Waals surface area (Å²) in [6.45, 7) is 1.83. The molecule has 0 radical (unpaired) electrons. The maximum absolute atomic E-state index is 12.5. The number of rotatable bonds is 5. The number of nitrogens with one attached hydrogen (secondary N) is 1. The van der Waals surface area contributed by atoms with Crippen molar-refractivity contribution in [3.8, 4) is 5.75 Å². The lowest BCUT2D eigenvalue weighted by atomic mass is 10.2. The quantitative estimate of drug-likeness (QED) is 0.825. The molecule has 28 heavy (non-hydrogen) atoms. The minimum Gasteiger partial charge on any atom is -0.406 e. The monoisotopic (exact) mass is 397 g/mol. The topological polar surface area (TPSA) is 63.7 Å². The summed E-state index contributed by atoms with van der Waals surface area (Å²) >= 11 is 0. The molecular formula is C19H22F3N3O3. The van der Waals surface area contributed by atoms with Gasteiger partial charge in [-0.2, -0.15) is 0 Å². The lowest BCUT2D eigenvalue weighted by Crippen LogP contribution is -2.32. The van der Waals surface area contributed by atoms with Crippen molar-refractivity contribution >= 4 is 11.7 Å². The molecule has 1 N–H and O–H groups in total. The molecule has 1 saturated heterocycles. The number of hydrogen-bond acceptors (Lipinski definition) is 5. The minimum atomic E-state index is -4.73. The number of ether oxygens (including phenoxy) is 2. The standard InChI is InChI=1S/C19H20F3N3O3.H2/c20-19(21,22)28-16-5-3-4-14(10-16)11-23-17-7-6-15(12-24-17)18(26)25-8-1-2-9-27-13-25;/h3-7,10,12H,1-2,8-9,11,13H2,(H,23,24);1H. The lowest BCUT2D eigenvalue weighted by Gasteiger charge is -2.19. The van der Waals surface area contributed by atoms with E-state index in [-0.39, 0.29) is 26.4 Å². The number of hydrogen-bond donors (Lipinski definition) is 1. The number of alkyl halides is 3. The highest BCUT2D eigenvalue weighted by Gasteiger charge is 2.31. The van der Waals surface area contributed by atoms with E-state index in [0.717, 1.165) is 12.8 Å². The van der Waals surface area contributed by atoms with Crippen molar-refractivity contribution in [2.75, 3.05) is 25.2 Å². The zero-order valence-electron chi connectivity index (χ0n) is 15.0. The zero-order chi connectivity index (χ0) is 20.0. The van der Waals surface area contributed by atoms with Crippen molar-refractivity contribution in [1.82, 2.24) is 9.88 Å². The van der Waals surface area contributed by atoms with Crippen LogP contribution in [0.4, 0.5) is 19.0 Å². The first-order valence-corrected chi connectivity index (χ1v) is 8.82. The first-order chi connectivity index (χ1) is 13.4. The summed E-state index contributed by atoms with van der Waals surface area (Å²) in [5.41, 5.74) is 1.06. The van der Waals surface area contributed by atoms with E-state index >= 15 is 0 Å². The van der Waals surface area contributed by atoms with Gasteiger partial charge in [-0.15, -0.1) is 13.2 Å². The van der Waals surface area contributed by atoms with Crippen LogP contribution in [0.3, 0.4) is 0 Å². The Hall–Kier alpha value is -2.81. The van der Waals surface area contributed by atoms with E-state index in [0.29, 0.717) is 30.1 Å². The maximum Gasteiger partial charge on any atom is 0.573 e. The van der Waals surface area contributed by atoms with Crippen molar-refractivity contribution in [2.45, 2.75) is 25.7 Å². The van der Waals surface area contributed by atoms with Crippen LogP contribution in [0.15, 0.2) is 42.6 Å². The number of halogens is 3. The number of carbonyl (C=O) groups excluding carboxylic acids is 1. The molecule has 0 aliphatic carbocycles. The molecule has 0 spiro atoms. The van der Waals surface area contributed by atoms with E-state index in [1.807, 2.05) is 0 Å². The van der Waals surface area contributed by atoms with E-state index in [1.165, 1.54) is 24.4 Å². The van der Waals surface area contributed by atoms with Crippen LogP contribution in [-0.2, 0) is 11.3 Å². The molecule has 0 atom stereocenters. The number of benzene rings is 1. The van der Waals surface area contributed by atoms with Gasteiger partial charge in [-0.1, -0.05) is 12.1 Å². The highest BCUT2D eigenvalue weighted by Crippen LogP contribution is 2.23. The fourth-order valence-electron chi connectivity index (χ4n) is 2.76. The first-order valence-electron chi connectivity index (χ1n) is 8.82. The van der Waals surface area contributed by atoms with Gasteiger partial charge < -0.3 is 19.7 Å². The van der Waals surface area contributed by atoms with E-state index in [2.05, 4.69) is 15.0 Å². The number of aromatic nitrogens is 1. The van der Waals surface area contributed by atoms with E-state index in [9.17, 15) is 18.0 Å². The highest BCUT2D eigenvalue weighted by atomic mass is 19.4. The van der Waals surface area contributed by atoms with Crippen LogP contribution in [0, 0.1) is 0 Å². The molecule has 0 saturated carbocycles. The van der Waals surface area contributed by atoms with Gasteiger partial charge in [0, 0.05) is 27.3 Å². The molecule has 1 amide bonds. The van der Waals surface area contributed by atoms with Crippen molar-refractivity contribution in [3.05, 3.63) is 53.7 Å². The Morgan fingerprint density at radius 2 is 2.14 bits per heavy atom. The lowest BCUT2D eigenvalue weighted by molar-refractivity contribution is -0.274. The van der Waals surface area contributed by atoms with Crippen LogP contribution < -0.4 is 10.1 Å². The van der Waals surface area contributed by atoms with Crippen molar-refractivity contribution in [1.29, 1.82) is 0 Å². The molecule has 1 aromatic carbocycles. The van der Waals surface area contributed by atoms with Gasteiger partial charge in [0.25, 0.3) is 5.91 Å². The largest absolute Gasteiger partial charge is 0.573 e. The van der Waals surface area contributed by atoms with Crippen molar-refractivity contribution < 1.29 is 28.9 Å². The van der Waals surface area contributed by atoms with Gasteiger partial charge in [0.1, 0.15) is 18.3 Å². The maximum atomic E-state index is 12.5. The second kappa shape index (κ2) is 8.92. The molecule has 2 heterocycles. The molecule has 6 nitrogen and oxygen atoms in total. The molecule has 9 heteroatoms. The molecule has 1 aromatic heterocycles. The van der Waals surface area contributed by atoms with Gasteiger partial charge in [-0.3, -0.25) is 4.79 Å². The molecule has 1 fully saturated rings. The van der Waals surface area contributed by atoms with Crippen LogP contribution in [-0.4, -0.2) is 42.0 Å². The normalized spacial score (nSPS) is 15.0. The summed E-state index contributed by atoms with van der Waals surface area (Å²) in [4.78, 5) is 18.3. The second-order valence-electron chi connectivity index (χ2n) is 6.29. The Morgan fingerprint density at radius 3 is 2.89 bits per heavy atom. The summed E-state index contributed by atoms with van der Waals surface area (Å²) in [6, 6.07) is 9.01. The summed E-state index contributed by atoms with van der Waals surface area (Å²) in [6.07, 6.45) is -1.43. The third kappa shape index (κ3) is 5.85. The Kier molecular flexibility index (Phi) is 6.35. The molecule has 152 valence electrons. The van der Waals surface area contributed by atoms with Crippen molar-refractivity contribution in [3.63, 3.8) is 0 Å². The average molecular weight is 397 g/mol. The number of nitrogens with zero attached hydrogens (tertiary/aromatic N) is 2. The predicted octanol–water partition coefficient (Wildman–Crippen LogP) is 4.05. The number of pyridine rings is 1. The summed E-state index contributed by atoms with van der Waals surface area (Å²) in [5, 5.41) is 3.01. The molecule has 0 unspecified atom stereocenters. The third-order valence-electron chi connectivity index (χ3n) is 4.12.